The first-order chi connectivity index (χ1) is 10.6. The zero-order valence-electron chi connectivity index (χ0n) is 12.3. The number of amides is 1. The summed E-state index contributed by atoms with van der Waals surface area (Å²) in [5.74, 6) is 0.214. The summed E-state index contributed by atoms with van der Waals surface area (Å²) in [4.78, 5) is 11.4. The van der Waals surface area contributed by atoms with E-state index in [-0.39, 0.29) is 17.9 Å². The molecule has 0 radical (unpaired) electrons. The highest BCUT2D eigenvalue weighted by Crippen LogP contribution is 2.44. The molecule has 2 nitrogen and oxygen atoms in total. The third-order valence-corrected chi connectivity index (χ3v) is 5.06. The van der Waals surface area contributed by atoms with E-state index >= 15 is 0 Å². The van der Waals surface area contributed by atoms with E-state index in [1.807, 2.05) is 30.3 Å². The van der Waals surface area contributed by atoms with Crippen molar-refractivity contribution in [3.05, 3.63) is 69.2 Å². The molecule has 1 amide bonds. The van der Waals surface area contributed by atoms with Gasteiger partial charge in [0.05, 0.1) is 16.1 Å². The van der Waals surface area contributed by atoms with Crippen LogP contribution in [0, 0.1) is 0 Å². The van der Waals surface area contributed by atoms with Gasteiger partial charge in [-0.15, -0.1) is 0 Å². The van der Waals surface area contributed by atoms with Gasteiger partial charge >= 0.3 is 0 Å². The quantitative estimate of drug-likeness (QED) is 0.814. The van der Waals surface area contributed by atoms with Crippen LogP contribution in [0.15, 0.2) is 42.5 Å². The van der Waals surface area contributed by atoms with E-state index < -0.39 is 0 Å². The molecular formula is C18H17Cl2NO. The molecule has 2 atom stereocenters. The fourth-order valence-corrected chi connectivity index (χ4v) is 3.74. The Balaban J connectivity index is 2.04. The number of hydrogen-bond acceptors (Lipinski definition) is 1. The fourth-order valence-electron chi connectivity index (χ4n) is 3.30. The minimum Gasteiger partial charge on any atom is -0.350 e. The number of carbonyl (C=O) groups is 1. The van der Waals surface area contributed by atoms with Gasteiger partial charge in [-0.25, -0.2) is 0 Å². The lowest BCUT2D eigenvalue weighted by Gasteiger charge is -2.32. The van der Waals surface area contributed by atoms with E-state index in [0.717, 1.165) is 18.4 Å². The Kier molecular flexibility index (Phi) is 4.42. The Labute approximate surface area is 140 Å². The van der Waals surface area contributed by atoms with Gasteiger partial charge in [-0.1, -0.05) is 59.6 Å². The second-order valence-corrected chi connectivity index (χ2v) is 6.44. The van der Waals surface area contributed by atoms with E-state index in [2.05, 4.69) is 17.4 Å². The first-order valence-electron chi connectivity index (χ1n) is 7.37. The molecule has 2 aromatic carbocycles. The molecule has 1 aliphatic carbocycles. The van der Waals surface area contributed by atoms with Gasteiger partial charge in [0.1, 0.15) is 0 Å². The van der Waals surface area contributed by atoms with Gasteiger partial charge in [0.2, 0.25) is 5.91 Å². The lowest BCUT2D eigenvalue weighted by Crippen LogP contribution is -2.30. The van der Waals surface area contributed by atoms with Gasteiger partial charge in [-0.05, 0) is 35.6 Å². The highest BCUT2D eigenvalue weighted by Gasteiger charge is 2.29. The third-order valence-electron chi connectivity index (χ3n) is 4.23. The molecule has 22 heavy (non-hydrogen) atoms. The van der Waals surface area contributed by atoms with Crippen molar-refractivity contribution < 1.29 is 4.79 Å². The largest absolute Gasteiger partial charge is 0.350 e. The van der Waals surface area contributed by atoms with E-state index in [4.69, 9.17) is 23.2 Å². The van der Waals surface area contributed by atoms with Crippen LogP contribution in [0.3, 0.4) is 0 Å². The van der Waals surface area contributed by atoms with Gasteiger partial charge in [0.25, 0.3) is 0 Å². The average molecular weight is 334 g/mol. The summed E-state index contributed by atoms with van der Waals surface area (Å²) in [5.41, 5.74) is 3.45. The van der Waals surface area contributed by atoms with E-state index in [9.17, 15) is 4.79 Å². The number of hydrogen-bond donors (Lipinski definition) is 1. The van der Waals surface area contributed by atoms with Crippen LogP contribution in [-0.2, 0) is 4.79 Å². The molecule has 0 saturated carbocycles. The van der Waals surface area contributed by atoms with E-state index in [0.29, 0.717) is 10.0 Å². The standard InChI is InChI=1S/C18H17Cl2NO/c1-11(22)21-17-10-9-13(12-5-2-3-6-14(12)17)15-7-4-8-16(19)18(15)20/h2-8,13,17H,9-10H2,1H3,(H,21,22). The van der Waals surface area contributed by atoms with Crippen molar-refractivity contribution in [3.63, 3.8) is 0 Å². The maximum atomic E-state index is 11.4. The molecular weight excluding hydrogens is 317 g/mol. The second-order valence-electron chi connectivity index (χ2n) is 5.66. The Hall–Kier alpha value is -1.51. The summed E-state index contributed by atoms with van der Waals surface area (Å²) in [7, 11) is 0. The molecule has 0 spiro atoms. The molecule has 0 aromatic heterocycles. The summed E-state index contributed by atoms with van der Waals surface area (Å²) < 4.78 is 0. The molecule has 114 valence electrons. The fraction of sp³-hybridized carbons (Fsp3) is 0.278. The normalized spacial score (nSPS) is 20.3. The lowest BCUT2D eigenvalue weighted by atomic mass is 9.76. The zero-order valence-corrected chi connectivity index (χ0v) is 13.8. The molecule has 0 bridgehead atoms. The molecule has 0 aliphatic heterocycles. The second kappa shape index (κ2) is 6.31. The molecule has 1 aliphatic rings. The Morgan fingerprint density at radius 1 is 1.00 bits per heavy atom. The average Bonchev–Trinajstić information content (AvgIpc) is 2.50. The van der Waals surface area contributed by atoms with Crippen molar-refractivity contribution in [2.45, 2.75) is 31.7 Å². The predicted octanol–water partition coefficient (Wildman–Crippen LogP) is 5.10. The van der Waals surface area contributed by atoms with Gasteiger partial charge in [-0.2, -0.15) is 0 Å². The van der Waals surface area contributed by atoms with Crippen molar-refractivity contribution in [1.82, 2.24) is 5.32 Å². The molecule has 1 N–H and O–H groups in total. The van der Waals surface area contributed by atoms with Crippen LogP contribution in [0.5, 0.6) is 0 Å². The van der Waals surface area contributed by atoms with Crippen LogP contribution in [0.2, 0.25) is 10.0 Å². The Morgan fingerprint density at radius 3 is 2.41 bits per heavy atom. The minimum atomic E-state index is -0.000888. The summed E-state index contributed by atoms with van der Waals surface area (Å²) in [6, 6.07) is 14.1. The van der Waals surface area contributed by atoms with Crippen LogP contribution >= 0.6 is 23.2 Å². The smallest absolute Gasteiger partial charge is 0.217 e. The van der Waals surface area contributed by atoms with Crippen LogP contribution in [0.1, 0.15) is 48.4 Å². The Bertz CT molecular complexity index is 714. The molecule has 0 fully saturated rings. The van der Waals surface area contributed by atoms with Gasteiger partial charge < -0.3 is 5.32 Å². The monoisotopic (exact) mass is 333 g/mol. The highest BCUT2D eigenvalue weighted by atomic mass is 35.5. The highest BCUT2D eigenvalue weighted by molar-refractivity contribution is 6.42. The maximum absolute atomic E-state index is 11.4. The molecule has 2 unspecified atom stereocenters. The molecule has 3 rings (SSSR count). The number of nitrogens with one attached hydrogen (secondary N) is 1. The molecule has 0 heterocycles. The Morgan fingerprint density at radius 2 is 1.68 bits per heavy atom. The van der Waals surface area contributed by atoms with Crippen LogP contribution in [0.25, 0.3) is 0 Å². The first kappa shape index (κ1) is 15.4. The summed E-state index contributed by atoms with van der Waals surface area (Å²) in [5, 5.41) is 4.25. The van der Waals surface area contributed by atoms with Crippen LogP contribution in [-0.4, -0.2) is 5.91 Å². The summed E-state index contributed by atoms with van der Waals surface area (Å²) in [6.07, 6.45) is 1.83. The first-order valence-corrected chi connectivity index (χ1v) is 8.13. The van der Waals surface area contributed by atoms with Crippen molar-refractivity contribution in [1.29, 1.82) is 0 Å². The SMILES string of the molecule is CC(=O)NC1CCC(c2cccc(Cl)c2Cl)c2ccccc21. The number of benzene rings is 2. The molecule has 2 aromatic rings. The van der Waals surface area contributed by atoms with E-state index in [1.165, 1.54) is 11.1 Å². The van der Waals surface area contributed by atoms with Gasteiger partial charge in [-0.3, -0.25) is 4.79 Å². The summed E-state index contributed by atoms with van der Waals surface area (Å²) >= 11 is 12.6. The number of rotatable bonds is 2. The third kappa shape index (κ3) is 2.86. The number of carbonyl (C=O) groups excluding carboxylic acids is 1. The van der Waals surface area contributed by atoms with Crippen molar-refractivity contribution in [3.8, 4) is 0 Å². The number of halogens is 2. The predicted molar refractivity (Wildman–Crippen MR) is 90.5 cm³/mol. The molecule has 0 saturated heterocycles. The summed E-state index contributed by atoms with van der Waals surface area (Å²) in [6.45, 7) is 1.56. The minimum absolute atomic E-state index is 0.000888. The molecule has 4 heteroatoms. The topological polar surface area (TPSA) is 29.1 Å². The van der Waals surface area contributed by atoms with Crippen molar-refractivity contribution in [2.75, 3.05) is 0 Å². The van der Waals surface area contributed by atoms with E-state index in [1.54, 1.807) is 6.92 Å². The van der Waals surface area contributed by atoms with Crippen LogP contribution in [0.4, 0.5) is 0 Å². The maximum Gasteiger partial charge on any atom is 0.217 e. The van der Waals surface area contributed by atoms with Gasteiger partial charge in [0, 0.05) is 12.8 Å². The lowest BCUT2D eigenvalue weighted by molar-refractivity contribution is -0.119. The zero-order chi connectivity index (χ0) is 15.7. The van der Waals surface area contributed by atoms with Crippen LogP contribution < -0.4 is 5.32 Å². The number of fused-ring (bicyclic) bond motifs is 1. The van der Waals surface area contributed by atoms with Gasteiger partial charge in [0.15, 0.2) is 0 Å². The van der Waals surface area contributed by atoms with Crippen molar-refractivity contribution in [2.24, 2.45) is 0 Å². The van der Waals surface area contributed by atoms with Crippen molar-refractivity contribution >= 4 is 29.1 Å².